The van der Waals surface area contributed by atoms with Crippen molar-refractivity contribution < 1.29 is 25.8 Å². The van der Waals surface area contributed by atoms with Crippen molar-refractivity contribution in [2.24, 2.45) is 0 Å². The molecular formula is C24H21Cl2HfSi-3. The van der Waals surface area contributed by atoms with E-state index in [9.17, 15) is 0 Å². The Morgan fingerprint density at radius 3 is 1.29 bits per heavy atom. The van der Waals surface area contributed by atoms with Crippen molar-refractivity contribution in [3.05, 3.63) is 121 Å². The molecule has 0 saturated heterocycles. The van der Waals surface area contributed by atoms with Crippen LogP contribution in [0, 0.1) is 6.07 Å². The number of rotatable bonds is 0. The van der Waals surface area contributed by atoms with Gasteiger partial charge in [-0.1, -0.05) is 12.1 Å². The molecule has 0 atom stereocenters. The topological polar surface area (TPSA) is 0 Å². The second-order valence-corrected chi connectivity index (χ2v) is 5.39. The molecule has 0 unspecified atom stereocenters. The van der Waals surface area contributed by atoms with Crippen LogP contribution < -0.4 is 0 Å². The molecule has 5 aromatic carbocycles. The number of halogens is 2. The molecule has 0 heterocycles. The molecule has 0 bridgehead atoms. The normalized spacial score (nSPS) is 8.29. The van der Waals surface area contributed by atoms with E-state index in [0.29, 0.717) is 0 Å². The van der Waals surface area contributed by atoms with Gasteiger partial charge in [0.15, 0.2) is 0 Å². The van der Waals surface area contributed by atoms with Crippen LogP contribution >= 0.6 is 24.8 Å². The Balaban J connectivity index is 0. The summed E-state index contributed by atoms with van der Waals surface area (Å²) < 4.78 is 0. The summed E-state index contributed by atoms with van der Waals surface area (Å²) in [6.07, 6.45) is 0. The van der Waals surface area contributed by atoms with Crippen molar-refractivity contribution in [2.75, 3.05) is 0 Å². The zero-order chi connectivity index (χ0) is 16.5. The van der Waals surface area contributed by atoms with E-state index >= 15 is 0 Å². The molecule has 0 spiro atoms. The van der Waals surface area contributed by atoms with Gasteiger partial charge in [-0.25, -0.2) is 0 Å². The maximum absolute atomic E-state index is 2.89. The third kappa shape index (κ3) is 9.16. The van der Waals surface area contributed by atoms with Gasteiger partial charge in [0.25, 0.3) is 0 Å². The fraction of sp³-hybridized carbons (Fsp3) is 0. The molecule has 4 radical (unpaired) electrons. The molecule has 0 nitrogen and oxygen atoms in total. The average Bonchev–Trinajstić information content (AvgIpc) is 3.33. The summed E-state index contributed by atoms with van der Waals surface area (Å²) >= 11 is 0. The molecular weight excluding hydrogens is 566 g/mol. The van der Waals surface area contributed by atoms with Crippen LogP contribution in [-0.4, -0.2) is 11.0 Å². The van der Waals surface area contributed by atoms with E-state index in [2.05, 4.69) is 91.0 Å². The monoisotopic (exact) mass is 587 g/mol. The zero-order valence-corrected chi connectivity index (χ0v) is 21.5. The van der Waals surface area contributed by atoms with E-state index < -0.39 is 0 Å². The van der Waals surface area contributed by atoms with Gasteiger partial charge in [-0.15, -0.1) is 84.1 Å². The maximum atomic E-state index is 2.89. The zero-order valence-electron chi connectivity index (χ0n) is 15.3. The Hall–Kier alpha value is -1.45. The van der Waals surface area contributed by atoms with Gasteiger partial charge in [0.2, 0.25) is 0 Å². The van der Waals surface area contributed by atoms with Crippen LogP contribution in [0.1, 0.15) is 0 Å². The molecule has 5 aromatic rings. The standard InChI is InChI=1S/2C9H7.C6H5.2ClH.Hf.Si/c2*1-2-5-9-7-3-6-8(9)4-1;1-2-4-6-5-3-1;;;;/h2*1-7H;1-5H;2*1H;;/q3*-1;;;;. The molecule has 0 aliphatic rings. The smallest absolute Gasteiger partial charge is 0 e. The third-order valence-corrected chi connectivity index (χ3v) is 3.70. The molecule has 0 N–H and O–H groups in total. The summed E-state index contributed by atoms with van der Waals surface area (Å²) in [5, 5.41) is 5.32. The van der Waals surface area contributed by atoms with Crippen molar-refractivity contribution in [2.45, 2.75) is 0 Å². The Kier molecular flexibility index (Phi) is 16.9. The summed E-state index contributed by atoms with van der Waals surface area (Å²) in [7, 11) is 0. The average molecular weight is 587 g/mol. The molecule has 0 aromatic heterocycles. The summed E-state index contributed by atoms with van der Waals surface area (Å²) in [5.74, 6) is 0. The molecule has 142 valence electrons. The number of benzene rings is 3. The largest absolute Gasteiger partial charge is 0.184 e. The van der Waals surface area contributed by atoms with Crippen molar-refractivity contribution >= 4 is 57.3 Å². The van der Waals surface area contributed by atoms with Crippen LogP contribution in [0.2, 0.25) is 0 Å². The van der Waals surface area contributed by atoms with Crippen LogP contribution in [0.5, 0.6) is 0 Å². The predicted molar refractivity (Wildman–Crippen MR) is 125 cm³/mol. The first-order valence-corrected chi connectivity index (χ1v) is 8.05. The van der Waals surface area contributed by atoms with E-state index in [1.54, 1.807) is 0 Å². The van der Waals surface area contributed by atoms with Gasteiger partial charge < -0.3 is 0 Å². The van der Waals surface area contributed by atoms with Crippen LogP contribution in [-0.2, 0) is 25.8 Å². The van der Waals surface area contributed by atoms with Crippen LogP contribution in [0.4, 0.5) is 0 Å². The van der Waals surface area contributed by atoms with Gasteiger partial charge >= 0.3 is 0 Å². The summed E-state index contributed by atoms with van der Waals surface area (Å²) in [6.45, 7) is 0. The molecule has 0 amide bonds. The van der Waals surface area contributed by atoms with Gasteiger partial charge in [-0.3, -0.25) is 0 Å². The second-order valence-electron chi connectivity index (χ2n) is 5.39. The molecule has 5 rings (SSSR count). The van der Waals surface area contributed by atoms with E-state index in [1.165, 1.54) is 21.5 Å². The van der Waals surface area contributed by atoms with Crippen LogP contribution in [0.15, 0.2) is 115 Å². The predicted octanol–water partition coefficient (Wildman–Crippen LogP) is 7.06. The Morgan fingerprint density at radius 1 is 0.536 bits per heavy atom. The molecule has 4 heteroatoms. The van der Waals surface area contributed by atoms with Crippen molar-refractivity contribution in [3.8, 4) is 0 Å². The minimum atomic E-state index is 0. The number of hydrogen-bond donors (Lipinski definition) is 0. The summed E-state index contributed by atoms with van der Waals surface area (Å²) in [4.78, 5) is 0. The number of hydrogen-bond acceptors (Lipinski definition) is 0. The minimum absolute atomic E-state index is 0. The van der Waals surface area contributed by atoms with E-state index in [0.717, 1.165) is 0 Å². The van der Waals surface area contributed by atoms with Crippen LogP contribution in [0.25, 0.3) is 21.5 Å². The van der Waals surface area contributed by atoms with Crippen molar-refractivity contribution in [1.29, 1.82) is 0 Å². The first-order valence-electron chi connectivity index (χ1n) is 8.05. The van der Waals surface area contributed by atoms with Gasteiger partial charge in [0.1, 0.15) is 0 Å². The first kappa shape index (κ1) is 28.8. The van der Waals surface area contributed by atoms with Gasteiger partial charge in [-0.05, 0) is 0 Å². The number of fused-ring (bicyclic) bond motifs is 2. The van der Waals surface area contributed by atoms with Crippen molar-refractivity contribution in [3.63, 3.8) is 0 Å². The van der Waals surface area contributed by atoms with Crippen molar-refractivity contribution in [1.82, 2.24) is 0 Å². The fourth-order valence-corrected chi connectivity index (χ4v) is 2.48. The molecule has 0 aliphatic heterocycles. The minimum Gasteiger partial charge on any atom is -0.184 e. The molecule has 28 heavy (non-hydrogen) atoms. The van der Waals surface area contributed by atoms with E-state index in [1.807, 2.05) is 30.3 Å². The molecule has 0 saturated carbocycles. The first-order chi connectivity index (χ1) is 11.9. The van der Waals surface area contributed by atoms with Gasteiger partial charge in [0.05, 0.1) is 0 Å². The van der Waals surface area contributed by atoms with E-state index in [4.69, 9.17) is 0 Å². The van der Waals surface area contributed by atoms with Crippen LogP contribution in [0.3, 0.4) is 0 Å². The SMILES string of the molecule is Cl.Cl.[Hf].[Si].[c-]1ccccc1.c1ccc2[cH-]ccc2c1.c1ccc2[cH-]ccc2c1. The molecule has 0 fully saturated rings. The quantitative estimate of drug-likeness (QED) is 0.135. The van der Waals surface area contributed by atoms with E-state index in [-0.39, 0.29) is 61.6 Å². The van der Waals surface area contributed by atoms with Gasteiger partial charge in [0, 0.05) is 36.8 Å². The second kappa shape index (κ2) is 16.5. The Labute approximate surface area is 203 Å². The third-order valence-electron chi connectivity index (χ3n) is 3.70. The Morgan fingerprint density at radius 2 is 0.964 bits per heavy atom. The van der Waals surface area contributed by atoms with Gasteiger partial charge in [-0.2, -0.15) is 71.4 Å². The summed E-state index contributed by atoms with van der Waals surface area (Å²) in [6, 6.07) is 41.8. The fourth-order valence-electron chi connectivity index (χ4n) is 2.48. The molecule has 0 aliphatic carbocycles. The maximum Gasteiger partial charge on any atom is 0 e. The Bertz CT molecular complexity index is 824. The summed E-state index contributed by atoms with van der Waals surface area (Å²) in [5.41, 5.74) is 0.